The van der Waals surface area contributed by atoms with Crippen molar-refractivity contribution < 1.29 is 33.8 Å². The van der Waals surface area contributed by atoms with E-state index in [0.29, 0.717) is 22.0 Å². The Labute approximate surface area is 416 Å². The molecule has 1 aliphatic rings. The molecule has 366 valence electrons. The number of rotatable bonds is 20. The summed E-state index contributed by atoms with van der Waals surface area (Å²) in [6.07, 6.45) is 3.72. The molecule has 70 heavy (non-hydrogen) atoms. The molecule has 5 N–H and O–H groups in total. The summed E-state index contributed by atoms with van der Waals surface area (Å²) in [5.74, 6) is -1.28. The van der Waals surface area contributed by atoms with Gasteiger partial charge < -0.3 is 40.7 Å². The zero-order valence-corrected chi connectivity index (χ0v) is 41.3. The van der Waals surface area contributed by atoms with Gasteiger partial charge in [0.25, 0.3) is 5.91 Å². The number of aliphatic hydroxyl groups is 1. The van der Waals surface area contributed by atoms with Crippen LogP contribution in [0.5, 0.6) is 0 Å². The van der Waals surface area contributed by atoms with Gasteiger partial charge in [0.2, 0.25) is 23.7 Å². The number of anilines is 2. The lowest BCUT2D eigenvalue weighted by Crippen LogP contribution is -2.58. The third kappa shape index (κ3) is 13.6. The van der Waals surface area contributed by atoms with E-state index in [2.05, 4.69) is 41.2 Å². The van der Waals surface area contributed by atoms with E-state index < -0.39 is 35.4 Å². The summed E-state index contributed by atoms with van der Waals surface area (Å²) in [5.41, 5.74) is 8.29. The average molecular weight is 989 g/mol. The molecular weight excluding hydrogens is 930 g/mol. The van der Waals surface area contributed by atoms with Crippen molar-refractivity contribution in [2.75, 3.05) is 44.8 Å². The fourth-order valence-electron chi connectivity index (χ4n) is 7.94. The van der Waals surface area contributed by atoms with Crippen molar-refractivity contribution in [2.24, 2.45) is 5.41 Å². The first-order valence-corrected chi connectivity index (χ1v) is 24.3. The molecule has 0 radical (unpaired) electrons. The molecule has 4 atom stereocenters. The number of aromatic nitrogens is 4. The van der Waals surface area contributed by atoms with Gasteiger partial charge in [0.1, 0.15) is 12.1 Å². The molecule has 3 aromatic heterocycles. The number of hydrogen-bond donors (Lipinski definition) is 5. The Morgan fingerprint density at radius 1 is 0.857 bits per heavy atom. The van der Waals surface area contributed by atoms with Crippen LogP contribution in [0.25, 0.3) is 32.8 Å². The summed E-state index contributed by atoms with van der Waals surface area (Å²) in [6.45, 7) is 10.2. The van der Waals surface area contributed by atoms with E-state index >= 15 is 0 Å². The first kappa shape index (κ1) is 51.2. The van der Waals surface area contributed by atoms with Crippen LogP contribution in [0.4, 0.5) is 11.6 Å². The van der Waals surface area contributed by atoms with Gasteiger partial charge in [0.05, 0.1) is 89.0 Å². The number of likely N-dealkylation sites (tertiary alicyclic amines) is 1. The first-order chi connectivity index (χ1) is 33.6. The number of amides is 4. The van der Waals surface area contributed by atoms with E-state index in [-0.39, 0.29) is 76.2 Å². The molecule has 0 aliphatic carbocycles. The number of benzene rings is 3. The van der Waals surface area contributed by atoms with Crippen molar-refractivity contribution in [1.29, 1.82) is 0 Å². The van der Waals surface area contributed by atoms with Gasteiger partial charge >= 0.3 is 0 Å². The Balaban J connectivity index is 0.807. The van der Waals surface area contributed by atoms with E-state index in [1.54, 1.807) is 23.6 Å². The Morgan fingerprint density at radius 2 is 1.59 bits per heavy atom. The molecule has 1 aliphatic heterocycles. The van der Waals surface area contributed by atoms with Crippen LogP contribution in [0, 0.1) is 12.3 Å². The highest BCUT2D eigenvalue weighted by Gasteiger charge is 2.44. The molecule has 4 heterocycles. The number of pyridine rings is 1. The fraction of sp³-hybridized carbons (Fsp3) is 0.346. The molecule has 4 unspecified atom stereocenters. The van der Waals surface area contributed by atoms with Gasteiger partial charge in [-0.05, 0) is 53.6 Å². The van der Waals surface area contributed by atoms with Gasteiger partial charge in [-0.15, -0.1) is 11.3 Å². The van der Waals surface area contributed by atoms with Crippen molar-refractivity contribution in [1.82, 2.24) is 40.8 Å². The number of aliphatic hydroxyl groups excluding tert-OH is 1. The van der Waals surface area contributed by atoms with Crippen molar-refractivity contribution in [3.05, 3.63) is 131 Å². The van der Waals surface area contributed by atoms with E-state index in [9.17, 15) is 24.3 Å². The number of carbonyl (C=O) groups excluding carboxylic acids is 4. The maximum absolute atomic E-state index is 14.1. The second-order valence-electron chi connectivity index (χ2n) is 18.0. The maximum atomic E-state index is 14.1. The molecule has 1 saturated heterocycles. The van der Waals surface area contributed by atoms with E-state index in [0.717, 1.165) is 38.4 Å². The molecule has 1 fully saturated rings. The van der Waals surface area contributed by atoms with Crippen LogP contribution in [0.2, 0.25) is 5.02 Å². The number of nitrogens with one attached hydrogen (secondary N) is 4. The Hall–Kier alpha value is -6.63. The van der Waals surface area contributed by atoms with Crippen molar-refractivity contribution in [2.45, 2.75) is 71.7 Å². The number of hydrogen-bond acceptors (Lipinski definition) is 13. The molecule has 0 saturated carbocycles. The molecule has 6 aromatic rings. The highest BCUT2D eigenvalue weighted by molar-refractivity contribution is 7.13. The van der Waals surface area contributed by atoms with Crippen molar-refractivity contribution in [3.8, 4) is 32.8 Å². The third-order valence-corrected chi connectivity index (χ3v) is 12.9. The Bertz CT molecular complexity index is 2750. The Morgan fingerprint density at radius 3 is 2.31 bits per heavy atom. The molecule has 3 aromatic carbocycles. The minimum absolute atomic E-state index is 0.0167. The van der Waals surface area contributed by atoms with Crippen LogP contribution < -0.4 is 21.3 Å². The lowest BCUT2D eigenvalue weighted by molar-refractivity contribution is -0.144. The van der Waals surface area contributed by atoms with Crippen LogP contribution in [-0.2, 0) is 23.9 Å². The van der Waals surface area contributed by atoms with Crippen LogP contribution in [0.3, 0.4) is 0 Å². The lowest BCUT2D eigenvalue weighted by Gasteiger charge is -2.35. The number of carbonyl (C=O) groups is 4. The topological polar surface area (TPSA) is 210 Å². The molecule has 16 nitrogen and oxygen atoms in total. The van der Waals surface area contributed by atoms with Crippen LogP contribution >= 0.6 is 22.9 Å². The second kappa shape index (κ2) is 23.8. The van der Waals surface area contributed by atoms with Crippen LogP contribution in [0.1, 0.15) is 68.2 Å². The largest absolute Gasteiger partial charge is 0.391 e. The summed E-state index contributed by atoms with van der Waals surface area (Å²) < 4.78 is 11.3. The van der Waals surface area contributed by atoms with Gasteiger partial charge in [-0.25, -0.2) is 15.0 Å². The highest BCUT2D eigenvalue weighted by Crippen LogP contribution is 2.32. The molecule has 0 spiro atoms. The SMILES string of the molecule is Cc1ncsc1-c1ccc(C(C)NC(=O)C2CC(O)CN2C(=O)C(NC(=O)CCOCCOCCNC(=O)c2cncc(Nc3ncc(Cl)c(-c4cccc(-c5ccccc5)c4)n3)c2)C(C)(C)C)cc1. The van der Waals surface area contributed by atoms with Crippen molar-refractivity contribution >= 4 is 58.2 Å². The zero-order valence-electron chi connectivity index (χ0n) is 39.8. The number of β-amino-alcohol motifs (C(OH)–C–C–N with tert-alkyl or cyclic N) is 1. The molecule has 0 bridgehead atoms. The number of ether oxygens (including phenoxy) is 2. The number of aryl methyl sites for hydroxylation is 1. The van der Waals surface area contributed by atoms with Crippen LogP contribution in [0.15, 0.2) is 109 Å². The van der Waals surface area contributed by atoms with E-state index in [1.165, 1.54) is 17.3 Å². The van der Waals surface area contributed by atoms with E-state index in [4.69, 9.17) is 21.1 Å². The van der Waals surface area contributed by atoms with Gasteiger partial charge in [-0.3, -0.25) is 24.2 Å². The minimum Gasteiger partial charge on any atom is -0.391 e. The number of halogens is 1. The van der Waals surface area contributed by atoms with Gasteiger partial charge in [-0.2, -0.15) is 0 Å². The lowest BCUT2D eigenvalue weighted by atomic mass is 9.85. The fourth-order valence-corrected chi connectivity index (χ4v) is 8.95. The minimum atomic E-state index is -0.964. The monoisotopic (exact) mass is 987 g/mol. The summed E-state index contributed by atoms with van der Waals surface area (Å²) in [5, 5.41) is 22.8. The summed E-state index contributed by atoms with van der Waals surface area (Å²) in [6, 6.07) is 25.3. The highest BCUT2D eigenvalue weighted by atomic mass is 35.5. The normalized spacial score (nSPS) is 15.5. The zero-order chi connectivity index (χ0) is 49.8. The molecule has 18 heteroatoms. The van der Waals surface area contributed by atoms with Crippen molar-refractivity contribution in [3.63, 3.8) is 0 Å². The summed E-state index contributed by atoms with van der Waals surface area (Å²) in [7, 11) is 0. The maximum Gasteiger partial charge on any atom is 0.253 e. The molecular formula is C52H58ClN9O7S. The summed E-state index contributed by atoms with van der Waals surface area (Å²) in [4.78, 5) is 73.8. The third-order valence-electron chi connectivity index (χ3n) is 11.7. The Kier molecular flexibility index (Phi) is 17.4. The van der Waals surface area contributed by atoms with Crippen LogP contribution in [-0.4, -0.2) is 111 Å². The van der Waals surface area contributed by atoms with Gasteiger partial charge in [0.15, 0.2) is 0 Å². The quantitative estimate of drug-likeness (QED) is 0.0470. The smallest absolute Gasteiger partial charge is 0.253 e. The predicted octanol–water partition coefficient (Wildman–Crippen LogP) is 7.56. The molecule has 4 amide bonds. The summed E-state index contributed by atoms with van der Waals surface area (Å²) >= 11 is 8.10. The predicted molar refractivity (Wildman–Crippen MR) is 270 cm³/mol. The van der Waals surface area contributed by atoms with Gasteiger partial charge in [-0.1, -0.05) is 105 Å². The number of nitrogens with zero attached hydrogens (tertiary/aromatic N) is 5. The average Bonchev–Trinajstić information content (AvgIpc) is 3.98. The van der Waals surface area contributed by atoms with E-state index in [1.807, 2.05) is 119 Å². The first-order valence-electron chi connectivity index (χ1n) is 23.1. The molecule has 7 rings (SSSR count). The number of thiazole rings is 1. The van der Waals surface area contributed by atoms with Gasteiger partial charge in [0, 0.05) is 37.7 Å². The standard InChI is InChI=1S/C52H58ClN9O7S/c1-32(34-14-16-36(17-15-34)46-33(2)57-31-70-46)58-49(66)43-26-41(63)30-62(43)50(67)47(52(3,4)5)60-44(64)18-20-68-22-23-69-21-19-55-48(65)39-25-40(28-54-27-39)59-51-56-29-42(53)45(61-51)38-13-9-12-37(24-38)35-10-7-6-8-11-35/h6-17,24-25,27-29,31-32,41,43,47,63H,18-23,26,30H2,1-5H3,(H,55,65)(H,58,66)(H,60,64)(H,56,59,61). The second-order valence-corrected chi connectivity index (χ2v) is 19.3.